The molecule has 3 N–H and O–H groups in total. The van der Waals surface area contributed by atoms with Crippen molar-refractivity contribution in [3.63, 3.8) is 0 Å². The molecule has 3 saturated carbocycles. The molecule has 3 atom stereocenters. The molecule has 3 fully saturated rings. The molecule has 4 aliphatic carbocycles. The van der Waals surface area contributed by atoms with E-state index in [0.29, 0.717) is 17.3 Å². The number of carbonyl (C=O) groups excluding carboxylic acids is 3. The van der Waals surface area contributed by atoms with Crippen molar-refractivity contribution in [2.75, 3.05) is 11.9 Å². The van der Waals surface area contributed by atoms with Gasteiger partial charge in [-0.05, 0) is 109 Å². The van der Waals surface area contributed by atoms with E-state index in [2.05, 4.69) is 52.2 Å². The summed E-state index contributed by atoms with van der Waals surface area (Å²) in [6.45, 7) is 2.98. The number of hydrogen-bond acceptors (Lipinski definition) is 4. The fraction of sp³-hybridized carbons (Fsp3) is 0.526. The Morgan fingerprint density at radius 1 is 0.957 bits per heavy atom. The van der Waals surface area contributed by atoms with Gasteiger partial charge >= 0.3 is 0 Å². The van der Waals surface area contributed by atoms with E-state index in [1.807, 2.05) is 24.3 Å². The van der Waals surface area contributed by atoms with Gasteiger partial charge in [-0.3, -0.25) is 19.1 Å². The topological polar surface area (TPSA) is 105 Å². The maximum atomic E-state index is 14.4. The highest BCUT2D eigenvalue weighted by molar-refractivity contribution is 6.01. The van der Waals surface area contributed by atoms with Crippen LogP contribution in [-0.4, -0.2) is 40.1 Å². The summed E-state index contributed by atoms with van der Waals surface area (Å²) in [5, 5.41) is 13.9. The summed E-state index contributed by atoms with van der Waals surface area (Å²) in [6, 6.07) is 17.4. The van der Waals surface area contributed by atoms with Gasteiger partial charge in [0.2, 0.25) is 11.8 Å². The maximum absolute atomic E-state index is 14.4. The van der Waals surface area contributed by atoms with Crippen LogP contribution < -0.4 is 16.0 Å². The second-order valence-corrected chi connectivity index (χ2v) is 14.8. The first kappa shape index (κ1) is 30.7. The van der Waals surface area contributed by atoms with Crippen molar-refractivity contribution >= 4 is 23.4 Å². The molecule has 46 heavy (non-hydrogen) atoms. The number of benzene rings is 2. The highest BCUT2D eigenvalue weighted by Crippen LogP contribution is 2.51. The van der Waals surface area contributed by atoms with Gasteiger partial charge in [0, 0.05) is 25.5 Å². The molecule has 1 heterocycles. The van der Waals surface area contributed by atoms with Crippen LogP contribution in [0.2, 0.25) is 0 Å². The largest absolute Gasteiger partial charge is 0.355 e. The van der Waals surface area contributed by atoms with E-state index in [4.69, 9.17) is 0 Å². The van der Waals surface area contributed by atoms with Crippen LogP contribution >= 0.6 is 0 Å². The fourth-order valence-corrected chi connectivity index (χ4v) is 8.61. The average Bonchev–Trinajstić information content (AvgIpc) is 3.38. The maximum Gasteiger partial charge on any atom is 0.270 e. The molecule has 4 aliphatic rings. The van der Waals surface area contributed by atoms with E-state index in [-0.39, 0.29) is 35.0 Å². The molecule has 0 radical (unpaired) electrons. The van der Waals surface area contributed by atoms with Crippen LogP contribution in [0.5, 0.6) is 0 Å². The Morgan fingerprint density at radius 3 is 2.43 bits per heavy atom. The zero-order valence-corrected chi connectivity index (χ0v) is 27.2. The van der Waals surface area contributed by atoms with E-state index < -0.39 is 11.5 Å². The molecule has 2 aromatic carbocycles. The van der Waals surface area contributed by atoms with Crippen LogP contribution in [0, 0.1) is 17.3 Å². The van der Waals surface area contributed by atoms with Gasteiger partial charge in [0.05, 0.1) is 5.41 Å². The third kappa shape index (κ3) is 5.87. The van der Waals surface area contributed by atoms with Crippen LogP contribution in [0.15, 0.2) is 60.8 Å². The number of fused-ring (bicyclic) bond motifs is 1. The number of hydrogen-bond donors (Lipinski definition) is 3. The van der Waals surface area contributed by atoms with Crippen LogP contribution in [0.4, 0.5) is 5.69 Å². The van der Waals surface area contributed by atoms with Crippen LogP contribution in [-0.2, 0) is 28.5 Å². The summed E-state index contributed by atoms with van der Waals surface area (Å²) in [4.78, 5) is 41.8. The summed E-state index contributed by atoms with van der Waals surface area (Å²) in [5.41, 5.74) is 4.31. The predicted octanol–water partition coefficient (Wildman–Crippen LogP) is 6.03. The van der Waals surface area contributed by atoms with Gasteiger partial charge in [0.1, 0.15) is 11.7 Å². The van der Waals surface area contributed by atoms with E-state index in [1.54, 1.807) is 24.0 Å². The normalized spacial score (nSPS) is 22.3. The number of rotatable bonds is 11. The van der Waals surface area contributed by atoms with Crippen molar-refractivity contribution in [1.29, 1.82) is 0 Å². The van der Waals surface area contributed by atoms with Crippen molar-refractivity contribution in [3.05, 3.63) is 83.2 Å². The molecule has 3 aromatic rings. The molecule has 0 spiro atoms. The van der Waals surface area contributed by atoms with Crippen molar-refractivity contribution in [1.82, 2.24) is 20.4 Å². The Kier molecular flexibility index (Phi) is 8.24. The van der Waals surface area contributed by atoms with Crippen LogP contribution in [0.3, 0.4) is 0 Å². The number of amides is 3. The Balaban J connectivity index is 1.16. The summed E-state index contributed by atoms with van der Waals surface area (Å²) in [5.74, 6) is 0.137. The lowest BCUT2D eigenvalue weighted by atomic mass is 9.70. The quantitative estimate of drug-likeness (QED) is 0.243. The molecule has 0 aliphatic heterocycles. The standard InChI is InChI=1S/C38H47N5O3/c1-37(18-8-19-37)24-39-36(46)38(20-5-6-21-38)27-10-7-11-28(23-27)41-35(45)33(42-34(44)31-17-22-40-43(31)2)32(26-13-14-26)30-16-15-25-9-3-4-12-29(25)30/h3-4,7,9-12,17,22-23,26,30,32-33H,5-6,8,13-16,18-21,24H2,1-2H3,(H,39,46)(H,41,45)(H,42,44)/t30-,32?,33+/m1/s1. The first-order valence-corrected chi connectivity index (χ1v) is 17.3. The highest BCUT2D eigenvalue weighted by Gasteiger charge is 2.47. The third-order valence-electron chi connectivity index (χ3n) is 11.6. The van der Waals surface area contributed by atoms with Gasteiger partial charge in [-0.1, -0.05) is 62.6 Å². The van der Waals surface area contributed by atoms with E-state index in [0.717, 1.165) is 76.3 Å². The molecular formula is C38H47N5O3. The second kappa shape index (κ2) is 12.3. The zero-order valence-electron chi connectivity index (χ0n) is 27.2. The number of anilines is 1. The molecule has 8 nitrogen and oxygen atoms in total. The van der Waals surface area contributed by atoms with Crippen LogP contribution in [0.1, 0.15) is 104 Å². The van der Waals surface area contributed by atoms with Gasteiger partial charge < -0.3 is 16.0 Å². The van der Waals surface area contributed by atoms with Crippen molar-refractivity contribution in [2.45, 2.75) is 94.9 Å². The number of nitrogens with zero attached hydrogens (tertiary/aromatic N) is 2. The lowest BCUT2D eigenvalue weighted by Gasteiger charge is -2.39. The SMILES string of the molecule is Cn1nccc1C(=O)N[C@H](C(=O)Nc1cccc(C2(C(=O)NCC3(C)CCC3)CCCC2)c1)C(C1CC1)[C@@H]1CCc2ccccc21. The molecule has 0 saturated heterocycles. The zero-order chi connectivity index (χ0) is 31.9. The summed E-state index contributed by atoms with van der Waals surface area (Å²) >= 11 is 0. The molecule has 8 heteroatoms. The monoisotopic (exact) mass is 621 g/mol. The van der Waals surface area contributed by atoms with Crippen molar-refractivity contribution < 1.29 is 14.4 Å². The minimum absolute atomic E-state index is 0.0242. The summed E-state index contributed by atoms with van der Waals surface area (Å²) < 4.78 is 1.54. The van der Waals surface area contributed by atoms with E-state index in [1.165, 1.54) is 17.5 Å². The van der Waals surface area contributed by atoms with Gasteiger partial charge in [-0.25, -0.2) is 0 Å². The van der Waals surface area contributed by atoms with Gasteiger partial charge in [0.25, 0.3) is 5.91 Å². The molecule has 3 amide bonds. The molecule has 242 valence electrons. The minimum Gasteiger partial charge on any atom is -0.355 e. The number of aromatic nitrogens is 2. The van der Waals surface area contributed by atoms with Crippen LogP contribution in [0.25, 0.3) is 0 Å². The van der Waals surface area contributed by atoms with Gasteiger partial charge in [-0.2, -0.15) is 5.10 Å². The first-order chi connectivity index (χ1) is 22.3. The molecule has 7 rings (SSSR count). The summed E-state index contributed by atoms with van der Waals surface area (Å²) in [7, 11) is 1.74. The smallest absolute Gasteiger partial charge is 0.270 e. The van der Waals surface area contributed by atoms with Gasteiger partial charge in [0.15, 0.2) is 0 Å². The number of nitrogens with one attached hydrogen (secondary N) is 3. The lowest BCUT2D eigenvalue weighted by Crippen LogP contribution is -2.51. The van der Waals surface area contributed by atoms with Crippen molar-refractivity contribution in [3.8, 4) is 0 Å². The predicted molar refractivity (Wildman–Crippen MR) is 178 cm³/mol. The Labute approximate surface area is 272 Å². The Hall–Kier alpha value is -3.94. The van der Waals surface area contributed by atoms with Gasteiger partial charge in [-0.15, -0.1) is 0 Å². The summed E-state index contributed by atoms with van der Waals surface area (Å²) in [6.07, 6.45) is 12.9. The molecule has 0 bridgehead atoms. The fourth-order valence-electron chi connectivity index (χ4n) is 8.61. The Morgan fingerprint density at radius 2 is 1.74 bits per heavy atom. The average molecular weight is 622 g/mol. The molecular weight excluding hydrogens is 574 g/mol. The third-order valence-corrected chi connectivity index (χ3v) is 11.6. The highest BCUT2D eigenvalue weighted by atomic mass is 16.2. The minimum atomic E-state index is -0.721. The van der Waals surface area contributed by atoms with E-state index >= 15 is 0 Å². The Bertz CT molecular complexity index is 1610. The molecule has 1 aromatic heterocycles. The van der Waals surface area contributed by atoms with Crippen molar-refractivity contribution in [2.24, 2.45) is 24.3 Å². The lowest BCUT2D eigenvalue weighted by molar-refractivity contribution is -0.127. The second-order valence-electron chi connectivity index (χ2n) is 14.8. The molecule has 1 unspecified atom stereocenters. The first-order valence-electron chi connectivity index (χ1n) is 17.3. The van der Waals surface area contributed by atoms with E-state index in [9.17, 15) is 14.4 Å². The number of carbonyl (C=O) groups is 3. The number of aryl methyl sites for hydroxylation is 2.